The summed E-state index contributed by atoms with van der Waals surface area (Å²) in [5.74, 6) is 3.96. The first kappa shape index (κ1) is 15.6. The molecule has 0 saturated heterocycles. The van der Waals surface area contributed by atoms with Crippen LogP contribution in [0.1, 0.15) is 64.2 Å². The molecule has 4 aliphatic rings. The van der Waals surface area contributed by atoms with E-state index in [4.69, 9.17) is 11.6 Å². The minimum absolute atomic E-state index is 0.385. The summed E-state index contributed by atoms with van der Waals surface area (Å²) < 4.78 is 0. The smallest absolute Gasteiger partial charge is 0.222 e. The predicted molar refractivity (Wildman–Crippen MR) is 87.4 cm³/mol. The number of nitrogens with zero attached hydrogens (tertiary/aromatic N) is 1. The Kier molecular flexibility index (Phi) is 4.83. The molecule has 2 nitrogen and oxygen atoms in total. The highest BCUT2D eigenvalue weighted by atomic mass is 35.5. The third-order valence-electron chi connectivity index (χ3n) is 6.24. The molecular formula is C18H30ClNO. The first-order valence-corrected chi connectivity index (χ1v) is 9.43. The monoisotopic (exact) mass is 311 g/mol. The Hall–Kier alpha value is -0.240. The minimum atomic E-state index is 0.385. The molecule has 1 amide bonds. The second kappa shape index (κ2) is 6.48. The molecule has 4 saturated carbocycles. The molecule has 0 aromatic carbocycles. The van der Waals surface area contributed by atoms with E-state index in [9.17, 15) is 4.79 Å². The Morgan fingerprint density at radius 1 is 1.05 bits per heavy atom. The largest absolute Gasteiger partial charge is 0.346 e. The average molecular weight is 312 g/mol. The molecule has 0 aromatic rings. The van der Waals surface area contributed by atoms with Crippen molar-refractivity contribution in [1.29, 1.82) is 0 Å². The van der Waals surface area contributed by atoms with Gasteiger partial charge in [0.05, 0.1) is 0 Å². The standard InChI is InChI=1S/C18H30ClNO/c1-20(6-4-2-3-5-19)17(21)13-18-10-14-7-15(11-18)9-16(8-14)12-18/h14-16H,2-13H2,1H3. The highest BCUT2D eigenvalue weighted by Crippen LogP contribution is 2.61. The number of carbonyl (C=O) groups is 1. The SMILES string of the molecule is CN(CCCCCCl)C(=O)CC12CC3CC(CC(C3)C1)C2. The summed E-state index contributed by atoms with van der Waals surface area (Å²) >= 11 is 5.70. The van der Waals surface area contributed by atoms with Crippen molar-refractivity contribution in [3.05, 3.63) is 0 Å². The van der Waals surface area contributed by atoms with Crippen molar-refractivity contribution in [3.8, 4) is 0 Å². The van der Waals surface area contributed by atoms with Crippen LogP contribution in [0.2, 0.25) is 0 Å². The fourth-order valence-corrected chi connectivity index (χ4v) is 5.90. The summed E-state index contributed by atoms with van der Waals surface area (Å²) in [5.41, 5.74) is 0.385. The molecule has 0 aromatic heterocycles. The molecule has 0 atom stereocenters. The topological polar surface area (TPSA) is 20.3 Å². The van der Waals surface area contributed by atoms with Crippen molar-refractivity contribution < 1.29 is 4.79 Å². The number of rotatable bonds is 7. The van der Waals surface area contributed by atoms with Crippen LogP contribution in [-0.4, -0.2) is 30.3 Å². The third-order valence-corrected chi connectivity index (χ3v) is 6.51. The van der Waals surface area contributed by atoms with E-state index in [1.165, 1.54) is 38.5 Å². The maximum absolute atomic E-state index is 12.6. The lowest BCUT2D eigenvalue weighted by atomic mass is 9.49. The van der Waals surface area contributed by atoms with E-state index in [1.54, 1.807) is 0 Å². The zero-order valence-corrected chi connectivity index (χ0v) is 14.2. The summed E-state index contributed by atoms with van der Waals surface area (Å²) in [7, 11) is 1.99. The molecule has 0 aliphatic heterocycles. The average Bonchev–Trinajstić information content (AvgIpc) is 2.41. The molecule has 0 radical (unpaired) electrons. The molecule has 0 N–H and O–H groups in total. The molecule has 4 bridgehead atoms. The Morgan fingerprint density at radius 2 is 1.62 bits per heavy atom. The number of hydrogen-bond donors (Lipinski definition) is 0. The van der Waals surface area contributed by atoms with Crippen molar-refractivity contribution in [2.24, 2.45) is 23.2 Å². The normalized spacial score (nSPS) is 37.0. The van der Waals surface area contributed by atoms with E-state index < -0.39 is 0 Å². The van der Waals surface area contributed by atoms with Crippen molar-refractivity contribution in [1.82, 2.24) is 4.90 Å². The van der Waals surface area contributed by atoms with Gasteiger partial charge in [-0.05, 0) is 74.5 Å². The van der Waals surface area contributed by atoms with E-state index in [2.05, 4.69) is 0 Å². The van der Waals surface area contributed by atoms with E-state index >= 15 is 0 Å². The van der Waals surface area contributed by atoms with Crippen LogP contribution in [0.15, 0.2) is 0 Å². The first-order chi connectivity index (χ1) is 10.1. The Morgan fingerprint density at radius 3 is 2.14 bits per heavy atom. The Balaban J connectivity index is 1.50. The molecule has 120 valence electrons. The maximum atomic E-state index is 12.6. The minimum Gasteiger partial charge on any atom is -0.346 e. The van der Waals surface area contributed by atoms with Gasteiger partial charge in [0, 0.05) is 25.9 Å². The molecule has 0 heterocycles. The number of carbonyl (C=O) groups excluding carboxylic acids is 1. The highest BCUT2D eigenvalue weighted by Gasteiger charge is 2.51. The number of alkyl halides is 1. The van der Waals surface area contributed by atoms with Crippen LogP contribution >= 0.6 is 11.6 Å². The zero-order valence-electron chi connectivity index (χ0n) is 13.5. The fraction of sp³-hybridized carbons (Fsp3) is 0.944. The van der Waals surface area contributed by atoms with Crippen LogP contribution in [0.3, 0.4) is 0 Å². The van der Waals surface area contributed by atoms with Crippen LogP contribution in [0.25, 0.3) is 0 Å². The van der Waals surface area contributed by atoms with Gasteiger partial charge in [-0.15, -0.1) is 11.6 Å². The van der Waals surface area contributed by atoms with Gasteiger partial charge in [-0.1, -0.05) is 6.42 Å². The maximum Gasteiger partial charge on any atom is 0.222 e. The molecule has 3 heteroatoms. The molecule has 21 heavy (non-hydrogen) atoms. The Bertz CT molecular complexity index is 346. The van der Waals surface area contributed by atoms with Gasteiger partial charge in [-0.3, -0.25) is 4.79 Å². The number of hydrogen-bond acceptors (Lipinski definition) is 1. The molecular weight excluding hydrogens is 282 g/mol. The van der Waals surface area contributed by atoms with E-state index in [-0.39, 0.29) is 0 Å². The fourth-order valence-electron chi connectivity index (χ4n) is 5.71. The van der Waals surface area contributed by atoms with Gasteiger partial charge < -0.3 is 4.90 Å². The third kappa shape index (κ3) is 3.57. The number of amides is 1. The van der Waals surface area contributed by atoms with Crippen LogP contribution in [0.4, 0.5) is 0 Å². The zero-order chi connectivity index (χ0) is 14.9. The summed E-state index contributed by atoms with van der Waals surface area (Å²) in [5, 5.41) is 0. The lowest BCUT2D eigenvalue weighted by molar-refractivity contribution is -0.138. The van der Waals surface area contributed by atoms with E-state index in [1.807, 2.05) is 11.9 Å². The van der Waals surface area contributed by atoms with Gasteiger partial charge in [0.25, 0.3) is 0 Å². The highest BCUT2D eigenvalue weighted by molar-refractivity contribution is 6.17. The molecule has 4 rings (SSSR count). The predicted octanol–water partition coefficient (Wildman–Crippen LogP) is 4.46. The van der Waals surface area contributed by atoms with Crippen LogP contribution in [0, 0.1) is 23.2 Å². The molecule has 0 unspecified atom stereocenters. The summed E-state index contributed by atoms with van der Waals surface area (Å²) in [6, 6.07) is 0. The summed E-state index contributed by atoms with van der Waals surface area (Å²) in [6.45, 7) is 0.905. The van der Waals surface area contributed by atoms with Crippen LogP contribution in [-0.2, 0) is 4.79 Å². The van der Waals surface area contributed by atoms with Gasteiger partial charge in [-0.25, -0.2) is 0 Å². The second-order valence-electron chi connectivity index (χ2n) is 8.16. The van der Waals surface area contributed by atoms with E-state index in [0.29, 0.717) is 11.3 Å². The molecule has 0 spiro atoms. The second-order valence-corrected chi connectivity index (χ2v) is 8.54. The van der Waals surface area contributed by atoms with Crippen molar-refractivity contribution in [2.45, 2.75) is 64.2 Å². The van der Waals surface area contributed by atoms with E-state index in [0.717, 1.165) is 55.9 Å². The van der Waals surface area contributed by atoms with Crippen LogP contribution < -0.4 is 0 Å². The van der Waals surface area contributed by atoms with Gasteiger partial charge >= 0.3 is 0 Å². The summed E-state index contributed by atoms with van der Waals surface area (Å²) in [6.07, 6.45) is 12.5. The quantitative estimate of drug-likeness (QED) is 0.502. The number of halogens is 1. The summed E-state index contributed by atoms with van der Waals surface area (Å²) in [4.78, 5) is 14.6. The number of unbranched alkanes of at least 4 members (excludes halogenated alkanes) is 2. The van der Waals surface area contributed by atoms with Gasteiger partial charge in [0.2, 0.25) is 5.91 Å². The van der Waals surface area contributed by atoms with Crippen LogP contribution in [0.5, 0.6) is 0 Å². The van der Waals surface area contributed by atoms with Gasteiger partial charge in [-0.2, -0.15) is 0 Å². The van der Waals surface area contributed by atoms with Crippen molar-refractivity contribution in [2.75, 3.05) is 19.5 Å². The molecule has 4 fully saturated rings. The van der Waals surface area contributed by atoms with Gasteiger partial charge in [0.1, 0.15) is 0 Å². The first-order valence-electron chi connectivity index (χ1n) is 8.90. The Labute approximate surface area is 134 Å². The molecule has 4 aliphatic carbocycles. The lowest BCUT2D eigenvalue weighted by Gasteiger charge is -2.56. The van der Waals surface area contributed by atoms with Crippen molar-refractivity contribution in [3.63, 3.8) is 0 Å². The van der Waals surface area contributed by atoms with Crippen molar-refractivity contribution >= 4 is 17.5 Å². The lowest BCUT2D eigenvalue weighted by Crippen LogP contribution is -2.48. The van der Waals surface area contributed by atoms with Gasteiger partial charge in [0.15, 0.2) is 0 Å².